The highest BCUT2D eigenvalue weighted by molar-refractivity contribution is 6.30. The number of hydrogen-bond acceptors (Lipinski definition) is 5. The summed E-state index contributed by atoms with van der Waals surface area (Å²) >= 11 is 6.03. The lowest BCUT2D eigenvalue weighted by Crippen LogP contribution is -2.11. The van der Waals surface area contributed by atoms with Crippen LogP contribution in [0.1, 0.15) is 11.3 Å². The van der Waals surface area contributed by atoms with Crippen LogP contribution in [0.25, 0.3) is 11.3 Å². The molecule has 1 aliphatic rings. The minimum atomic E-state index is 0.234. The summed E-state index contributed by atoms with van der Waals surface area (Å²) < 4.78 is 5.49. The van der Waals surface area contributed by atoms with Crippen molar-refractivity contribution in [3.05, 3.63) is 52.9 Å². The lowest BCUT2D eigenvalue weighted by atomic mass is 9.95. The van der Waals surface area contributed by atoms with E-state index in [1.807, 2.05) is 30.3 Å². The first-order valence-corrected chi connectivity index (χ1v) is 7.34. The van der Waals surface area contributed by atoms with E-state index in [9.17, 15) is 0 Å². The number of aryl methyl sites for hydroxylation is 1. The van der Waals surface area contributed by atoms with Crippen LogP contribution in [-0.4, -0.2) is 9.97 Å². The van der Waals surface area contributed by atoms with Crippen LogP contribution in [0.2, 0.25) is 5.02 Å². The van der Waals surface area contributed by atoms with Gasteiger partial charge in [0, 0.05) is 28.3 Å². The van der Waals surface area contributed by atoms with Gasteiger partial charge in [-0.15, -0.1) is 0 Å². The Morgan fingerprint density at radius 3 is 2.95 bits per heavy atom. The number of fused-ring (bicyclic) bond motifs is 3. The molecule has 0 atom stereocenters. The highest BCUT2D eigenvalue weighted by Crippen LogP contribution is 2.37. The first kappa shape index (κ1) is 13.2. The fraction of sp³-hybridized carbons (Fsp3) is 0.125. The first-order valence-electron chi connectivity index (χ1n) is 6.96. The number of nitrogens with one attached hydrogen (secondary N) is 1. The normalized spacial score (nSPS) is 12.6. The minimum absolute atomic E-state index is 0.234. The number of halogens is 1. The molecule has 2 aromatic heterocycles. The molecular weight excluding hydrogens is 300 g/mol. The van der Waals surface area contributed by atoms with Crippen LogP contribution in [-0.2, 0) is 12.8 Å². The van der Waals surface area contributed by atoms with Gasteiger partial charge in [0.2, 0.25) is 5.95 Å². The van der Waals surface area contributed by atoms with Gasteiger partial charge < -0.3 is 15.5 Å². The molecule has 4 rings (SSSR count). The topological polar surface area (TPSA) is 77.0 Å². The van der Waals surface area contributed by atoms with E-state index >= 15 is 0 Å². The Labute approximate surface area is 132 Å². The molecule has 5 nitrogen and oxygen atoms in total. The summed E-state index contributed by atoms with van der Waals surface area (Å²) in [4.78, 5) is 8.74. The van der Waals surface area contributed by atoms with Crippen molar-refractivity contribution in [2.24, 2.45) is 0 Å². The molecule has 0 unspecified atom stereocenters. The Hall–Kier alpha value is -2.53. The summed E-state index contributed by atoms with van der Waals surface area (Å²) in [7, 11) is 0. The van der Waals surface area contributed by atoms with E-state index in [-0.39, 0.29) is 5.95 Å². The first-order chi connectivity index (χ1) is 10.7. The summed E-state index contributed by atoms with van der Waals surface area (Å²) in [5.74, 6) is 1.90. The third kappa shape index (κ3) is 2.19. The second-order valence-corrected chi connectivity index (χ2v) is 5.59. The van der Waals surface area contributed by atoms with Crippen LogP contribution in [0, 0.1) is 0 Å². The maximum atomic E-state index is 6.03. The van der Waals surface area contributed by atoms with Crippen molar-refractivity contribution in [1.82, 2.24) is 9.97 Å². The molecule has 0 saturated heterocycles. The summed E-state index contributed by atoms with van der Waals surface area (Å²) in [6, 6.07) is 9.41. The van der Waals surface area contributed by atoms with Crippen molar-refractivity contribution in [3.63, 3.8) is 0 Å². The van der Waals surface area contributed by atoms with Crippen LogP contribution < -0.4 is 11.1 Å². The molecule has 1 aliphatic carbocycles. The quantitative estimate of drug-likeness (QED) is 0.752. The number of benzene rings is 1. The van der Waals surface area contributed by atoms with Crippen LogP contribution in [0.5, 0.6) is 0 Å². The summed E-state index contributed by atoms with van der Waals surface area (Å²) in [5.41, 5.74) is 9.61. The molecule has 0 saturated carbocycles. The van der Waals surface area contributed by atoms with Crippen molar-refractivity contribution in [3.8, 4) is 11.3 Å². The lowest BCUT2D eigenvalue weighted by Gasteiger charge is -2.18. The minimum Gasteiger partial charge on any atom is -0.469 e. The zero-order chi connectivity index (χ0) is 15.1. The van der Waals surface area contributed by atoms with Crippen LogP contribution in [0.15, 0.2) is 41.0 Å². The van der Waals surface area contributed by atoms with Crippen LogP contribution >= 0.6 is 11.6 Å². The Morgan fingerprint density at radius 2 is 2.09 bits per heavy atom. The number of rotatable bonds is 2. The molecule has 110 valence electrons. The van der Waals surface area contributed by atoms with Gasteiger partial charge in [-0.2, -0.15) is 4.98 Å². The molecule has 0 radical (unpaired) electrons. The fourth-order valence-corrected chi connectivity index (χ4v) is 2.94. The molecule has 6 heteroatoms. The SMILES string of the molecule is Nc1nc(Nc2cccc(Cl)c2)c2c(n1)-c1ccoc1CC2. The second kappa shape index (κ2) is 5.03. The number of nitrogens with zero attached hydrogens (tertiary/aromatic N) is 2. The number of nitrogen functional groups attached to an aromatic ring is 1. The fourth-order valence-electron chi connectivity index (χ4n) is 2.75. The number of anilines is 3. The van der Waals surface area contributed by atoms with E-state index in [0.717, 1.165) is 46.9 Å². The molecule has 0 amide bonds. The van der Waals surface area contributed by atoms with Crippen molar-refractivity contribution < 1.29 is 4.42 Å². The molecule has 22 heavy (non-hydrogen) atoms. The van der Waals surface area contributed by atoms with Crippen molar-refractivity contribution in [1.29, 1.82) is 0 Å². The van der Waals surface area contributed by atoms with Gasteiger partial charge in [0.05, 0.1) is 12.0 Å². The lowest BCUT2D eigenvalue weighted by molar-refractivity contribution is 0.507. The highest BCUT2D eigenvalue weighted by atomic mass is 35.5. The molecule has 0 aliphatic heterocycles. The van der Waals surface area contributed by atoms with E-state index in [1.165, 1.54) is 0 Å². The Kier molecular flexibility index (Phi) is 3.01. The number of nitrogens with two attached hydrogens (primary N) is 1. The average molecular weight is 313 g/mol. The molecule has 0 fully saturated rings. The number of furan rings is 1. The smallest absolute Gasteiger partial charge is 0.222 e. The van der Waals surface area contributed by atoms with E-state index in [0.29, 0.717) is 5.02 Å². The van der Waals surface area contributed by atoms with Crippen molar-refractivity contribution >= 4 is 29.1 Å². The monoisotopic (exact) mass is 312 g/mol. The Bertz CT molecular complexity index is 859. The van der Waals surface area contributed by atoms with Crippen LogP contribution in [0.4, 0.5) is 17.5 Å². The summed E-state index contributed by atoms with van der Waals surface area (Å²) in [5, 5.41) is 3.96. The predicted octanol–water partition coefficient (Wildman–Crippen LogP) is 3.81. The van der Waals surface area contributed by atoms with E-state index < -0.39 is 0 Å². The summed E-state index contributed by atoms with van der Waals surface area (Å²) in [6.45, 7) is 0. The molecule has 0 bridgehead atoms. The van der Waals surface area contributed by atoms with Gasteiger partial charge in [-0.25, -0.2) is 4.98 Å². The van der Waals surface area contributed by atoms with E-state index in [4.69, 9.17) is 21.8 Å². The number of aromatic nitrogens is 2. The average Bonchev–Trinajstić information content (AvgIpc) is 2.96. The Balaban J connectivity index is 1.81. The number of hydrogen-bond donors (Lipinski definition) is 2. The van der Waals surface area contributed by atoms with E-state index in [1.54, 1.807) is 6.26 Å². The molecule has 3 aromatic rings. The van der Waals surface area contributed by atoms with Crippen molar-refractivity contribution in [2.75, 3.05) is 11.1 Å². The largest absolute Gasteiger partial charge is 0.469 e. The van der Waals surface area contributed by atoms with Gasteiger partial charge >= 0.3 is 0 Å². The van der Waals surface area contributed by atoms with Gasteiger partial charge in [0.15, 0.2) is 0 Å². The third-order valence-electron chi connectivity index (χ3n) is 3.71. The summed E-state index contributed by atoms with van der Waals surface area (Å²) in [6.07, 6.45) is 3.31. The molecule has 1 aromatic carbocycles. The van der Waals surface area contributed by atoms with Gasteiger partial charge in [0.25, 0.3) is 0 Å². The van der Waals surface area contributed by atoms with Crippen LogP contribution in [0.3, 0.4) is 0 Å². The molecule has 3 N–H and O–H groups in total. The zero-order valence-electron chi connectivity index (χ0n) is 11.6. The zero-order valence-corrected chi connectivity index (χ0v) is 12.4. The van der Waals surface area contributed by atoms with Gasteiger partial charge in [0.1, 0.15) is 11.6 Å². The molecule has 2 heterocycles. The van der Waals surface area contributed by atoms with Crippen molar-refractivity contribution in [2.45, 2.75) is 12.8 Å². The molecular formula is C16H13ClN4O. The maximum Gasteiger partial charge on any atom is 0.222 e. The van der Waals surface area contributed by atoms with Gasteiger partial charge in [-0.1, -0.05) is 17.7 Å². The van der Waals surface area contributed by atoms with E-state index in [2.05, 4.69) is 15.3 Å². The maximum absolute atomic E-state index is 6.03. The van der Waals surface area contributed by atoms with Gasteiger partial charge in [-0.05, 0) is 30.7 Å². The third-order valence-corrected chi connectivity index (χ3v) is 3.95. The standard InChI is InChI=1S/C16H13ClN4O/c17-9-2-1-3-10(8-9)19-15-12-4-5-13-11(6-7-22-13)14(12)20-16(18)21-15/h1-3,6-8H,4-5H2,(H3,18,19,20,21). The second-order valence-electron chi connectivity index (χ2n) is 5.15. The highest BCUT2D eigenvalue weighted by Gasteiger charge is 2.24. The Morgan fingerprint density at radius 1 is 1.18 bits per heavy atom. The molecule has 0 spiro atoms. The predicted molar refractivity (Wildman–Crippen MR) is 86.3 cm³/mol. The van der Waals surface area contributed by atoms with Gasteiger partial charge in [-0.3, -0.25) is 0 Å².